The fraction of sp³-hybridized carbons (Fsp3) is 0.391. The molecule has 3 aromatic rings. The standard InChI is InChI=1S/C23H25N11O5S2/c24-12-5-6-14-32(8-13(25)34(14)29-12)7-10-9-40-21-16(20(36)33(21)17(10)22(37)38)27-19(35)15(18-28-23(26)41-31-18)30-39-11-3-1-2-4-11/h5-6,8,11,16,21H,1-4,7,9H2,(H7-,24,25,26,27,28,29,31,35,37,38)/b30-15-/t16-,21-/m1/s1. The summed E-state index contributed by atoms with van der Waals surface area (Å²) in [7, 11) is 0. The number of nitrogen functional groups attached to an aromatic ring is 3. The lowest BCUT2D eigenvalue weighted by Gasteiger charge is -2.50. The Morgan fingerprint density at radius 1 is 1.24 bits per heavy atom. The van der Waals surface area contributed by atoms with Gasteiger partial charge in [0.1, 0.15) is 24.1 Å². The van der Waals surface area contributed by atoms with Gasteiger partial charge in [0.05, 0.1) is 11.7 Å². The second-order valence-corrected chi connectivity index (χ2v) is 11.6. The highest BCUT2D eigenvalue weighted by Crippen LogP contribution is 2.40. The number of nitrogens with two attached hydrogens (primary N) is 3. The van der Waals surface area contributed by atoms with E-state index >= 15 is 0 Å². The van der Waals surface area contributed by atoms with Crippen LogP contribution in [-0.4, -0.2) is 70.6 Å². The number of hydrogen-bond donors (Lipinski definition) is 4. The van der Waals surface area contributed by atoms with Crippen LogP contribution in [0.2, 0.25) is 0 Å². The van der Waals surface area contributed by atoms with Crippen molar-refractivity contribution in [2.75, 3.05) is 23.0 Å². The van der Waals surface area contributed by atoms with Gasteiger partial charge in [0.15, 0.2) is 17.1 Å². The molecule has 2 atom stereocenters. The van der Waals surface area contributed by atoms with E-state index in [1.54, 1.807) is 22.9 Å². The first-order valence-electron chi connectivity index (χ1n) is 12.7. The van der Waals surface area contributed by atoms with E-state index in [4.69, 9.17) is 22.0 Å². The highest BCUT2D eigenvalue weighted by Gasteiger charge is 2.53. The number of aromatic nitrogens is 5. The van der Waals surface area contributed by atoms with Gasteiger partial charge in [-0.15, -0.1) is 11.8 Å². The number of nitrogens with zero attached hydrogens (tertiary/aromatic N) is 7. The highest BCUT2D eigenvalue weighted by atomic mass is 32.2. The van der Waals surface area contributed by atoms with Crippen molar-refractivity contribution in [3.8, 4) is 0 Å². The largest absolute Gasteiger partial charge is 0.543 e. The first-order chi connectivity index (χ1) is 19.7. The number of thioether (sulfide) groups is 1. The molecule has 0 aromatic carbocycles. The predicted molar refractivity (Wildman–Crippen MR) is 145 cm³/mol. The minimum Gasteiger partial charge on any atom is -0.543 e. The Morgan fingerprint density at radius 3 is 2.73 bits per heavy atom. The molecule has 1 saturated carbocycles. The maximum absolute atomic E-state index is 13.3. The molecule has 2 fully saturated rings. The number of carboxylic acids is 1. The number of carbonyl (C=O) groups is 3. The van der Waals surface area contributed by atoms with Crippen molar-refractivity contribution in [1.29, 1.82) is 0 Å². The van der Waals surface area contributed by atoms with Gasteiger partial charge in [0.2, 0.25) is 11.5 Å². The van der Waals surface area contributed by atoms with Crippen LogP contribution >= 0.6 is 23.3 Å². The van der Waals surface area contributed by atoms with Gasteiger partial charge in [-0.05, 0) is 31.7 Å². The lowest BCUT2D eigenvalue weighted by molar-refractivity contribution is -0.662. The number of carbonyl (C=O) groups excluding carboxylic acids is 3. The number of rotatable bonds is 8. The Kier molecular flexibility index (Phi) is 6.86. The molecule has 2 amide bonds. The number of β-lactam (4-membered cyclic amide) rings is 1. The van der Waals surface area contributed by atoms with Crippen molar-refractivity contribution in [1.82, 2.24) is 29.2 Å². The zero-order chi connectivity index (χ0) is 28.8. The van der Waals surface area contributed by atoms with Crippen LogP contribution in [0.4, 0.5) is 16.8 Å². The van der Waals surface area contributed by atoms with E-state index in [0.717, 1.165) is 42.1 Å². The van der Waals surface area contributed by atoms with E-state index in [0.29, 0.717) is 17.0 Å². The number of anilines is 3. The third-order valence-corrected chi connectivity index (χ3v) is 8.90. The number of hydrogen-bond acceptors (Lipinski definition) is 14. The Labute approximate surface area is 240 Å². The number of oxime groups is 1. The Bertz CT molecular complexity index is 1630. The van der Waals surface area contributed by atoms with Crippen LogP contribution in [-0.2, 0) is 25.8 Å². The lowest BCUT2D eigenvalue weighted by atomic mass is 10.0. The third-order valence-electron chi connectivity index (χ3n) is 7.01. The Morgan fingerprint density at radius 2 is 2.02 bits per heavy atom. The van der Waals surface area contributed by atoms with E-state index in [1.165, 1.54) is 16.3 Å². The molecule has 1 saturated heterocycles. The molecule has 2 aliphatic heterocycles. The summed E-state index contributed by atoms with van der Waals surface area (Å²) in [6.45, 7) is 0.113. The van der Waals surface area contributed by atoms with Crippen molar-refractivity contribution < 1.29 is 28.9 Å². The monoisotopic (exact) mass is 599 g/mol. The smallest absolute Gasteiger partial charge is 0.309 e. The van der Waals surface area contributed by atoms with Crippen LogP contribution in [0, 0.1) is 0 Å². The molecule has 6 rings (SSSR count). The molecule has 0 bridgehead atoms. The van der Waals surface area contributed by atoms with Gasteiger partial charge in [-0.25, -0.2) is 4.57 Å². The molecule has 3 aliphatic rings. The van der Waals surface area contributed by atoms with Gasteiger partial charge in [-0.2, -0.15) is 9.36 Å². The number of amides is 2. The van der Waals surface area contributed by atoms with Crippen LogP contribution in [0.3, 0.4) is 0 Å². The second kappa shape index (κ2) is 10.5. The SMILES string of the molecule is Nc1ccc2n(n1)c(N)c[n+]2CC1=C(C(=O)[O-])N2C(=O)[C@@H](NC(=O)/C(=N\OC3CCCC3)c3nsc(N)n3)[C@H]2SC1. The molecule has 0 unspecified atom stereocenters. The quantitative estimate of drug-likeness (QED) is 0.0951. The summed E-state index contributed by atoms with van der Waals surface area (Å²) in [6, 6.07) is 2.29. The second-order valence-electron chi connectivity index (χ2n) is 9.72. The van der Waals surface area contributed by atoms with Crippen molar-refractivity contribution in [3.63, 3.8) is 0 Å². The van der Waals surface area contributed by atoms with Crippen molar-refractivity contribution in [2.24, 2.45) is 5.16 Å². The van der Waals surface area contributed by atoms with Gasteiger partial charge in [0.25, 0.3) is 17.6 Å². The molecule has 18 heteroatoms. The van der Waals surface area contributed by atoms with E-state index in [1.807, 2.05) is 0 Å². The molecule has 16 nitrogen and oxygen atoms in total. The maximum atomic E-state index is 13.3. The van der Waals surface area contributed by atoms with Gasteiger partial charge >= 0.3 is 5.65 Å². The molecular weight excluding hydrogens is 574 g/mol. The lowest BCUT2D eigenvalue weighted by Crippen LogP contribution is -2.71. The maximum Gasteiger partial charge on any atom is 0.309 e. The summed E-state index contributed by atoms with van der Waals surface area (Å²) in [5, 5.41) is 22.6. The summed E-state index contributed by atoms with van der Waals surface area (Å²) in [5.74, 6) is -2.03. The number of fused-ring (bicyclic) bond motifs is 2. The predicted octanol–water partition coefficient (Wildman–Crippen LogP) is -2.01. The third kappa shape index (κ3) is 4.88. The van der Waals surface area contributed by atoms with Gasteiger partial charge in [-0.1, -0.05) is 14.8 Å². The van der Waals surface area contributed by atoms with E-state index in [-0.39, 0.29) is 46.6 Å². The molecule has 3 aromatic heterocycles. The summed E-state index contributed by atoms with van der Waals surface area (Å²) in [6.07, 6.45) is 5.11. The summed E-state index contributed by atoms with van der Waals surface area (Å²) >= 11 is 2.20. The molecule has 214 valence electrons. The zero-order valence-corrected chi connectivity index (χ0v) is 23.1. The Hall–Kier alpha value is -4.45. The van der Waals surface area contributed by atoms with Crippen molar-refractivity contribution >= 4 is 69.2 Å². The highest BCUT2D eigenvalue weighted by molar-refractivity contribution is 8.00. The van der Waals surface area contributed by atoms with Gasteiger partial charge in [-0.3, -0.25) is 14.5 Å². The molecule has 0 spiro atoms. The minimum atomic E-state index is -1.50. The number of nitrogens with one attached hydrogen (secondary N) is 1. The van der Waals surface area contributed by atoms with Gasteiger partial charge < -0.3 is 37.3 Å². The van der Waals surface area contributed by atoms with Crippen LogP contribution in [0.25, 0.3) is 5.65 Å². The average molecular weight is 600 g/mol. The van der Waals surface area contributed by atoms with E-state index in [9.17, 15) is 19.5 Å². The summed E-state index contributed by atoms with van der Waals surface area (Å²) in [5.41, 5.74) is 18.1. The van der Waals surface area contributed by atoms with Gasteiger partial charge in [0, 0.05) is 28.9 Å². The fourth-order valence-electron chi connectivity index (χ4n) is 5.09. The molecule has 5 heterocycles. The van der Waals surface area contributed by atoms with Crippen LogP contribution in [0.5, 0.6) is 0 Å². The average Bonchev–Trinajstić information content (AvgIpc) is 3.68. The number of carboxylic acid groups (broad SMARTS) is 1. The minimum absolute atomic E-state index is 0.0205. The molecule has 0 radical (unpaired) electrons. The number of aliphatic carboxylic acids is 1. The van der Waals surface area contributed by atoms with Crippen LogP contribution in [0.15, 0.2) is 34.8 Å². The normalized spacial score (nSPS) is 21.2. The molecule has 41 heavy (non-hydrogen) atoms. The fourth-order valence-corrected chi connectivity index (χ4v) is 6.86. The number of imidazole rings is 1. The topological polar surface area (TPSA) is 236 Å². The molecular formula is C23H25N11O5S2. The zero-order valence-electron chi connectivity index (χ0n) is 21.4. The molecule has 1 aliphatic carbocycles. The summed E-state index contributed by atoms with van der Waals surface area (Å²) in [4.78, 5) is 49.5. The van der Waals surface area contributed by atoms with Crippen LogP contribution in [0.1, 0.15) is 31.5 Å². The first kappa shape index (κ1) is 26.8. The van der Waals surface area contributed by atoms with Crippen molar-refractivity contribution in [3.05, 3.63) is 35.4 Å². The van der Waals surface area contributed by atoms with E-state index in [2.05, 4.69) is 24.9 Å². The first-order valence-corrected chi connectivity index (χ1v) is 14.5. The molecule has 7 N–H and O–H groups in total. The summed E-state index contributed by atoms with van der Waals surface area (Å²) < 4.78 is 7.21. The van der Waals surface area contributed by atoms with E-state index < -0.39 is 29.2 Å². The van der Waals surface area contributed by atoms with Crippen molar-refractivity contribution in [2.45, 2.75) is 49.7 Å². The Balaban J connectivity index is 1.22. The van der Waals surface area contributed by atoms with Crippen LogP contribution < -0.4 is 32.2 Å².